The number of carbonyl (C=O) groups excluding carboxylic acids is 1. The Bertz CT molecular complexity index is 933. The number of nitrogens with two attached hydrogens (primary N) is 1. The van der Waals surface area contributed by atoms with Gasteiger partial charge in [-0.1, -0.05) is 11.8 Å². The van der Waals surface area contributed by atoms with Gasteiger partial charge in [-0.3, -0.25) is 9.79 Å². The first kappa shape index (κ1) is 23.3. The maximum Gasteiger partial charge on any atom is 0.274 e. The van der Waals surface area contributed by atoms with Crippen molar-refractivity contribution in [2.45, 2.75) is 4.75 Å². The van der Waals surface area contributed by atoms with Crippen LogP contribution in [0.5, 0.6) is 0 Å². The molecule has 0 radical (unpaired) electrons. The predicted molar refractivity (Wildman–Crippen MR) is 113 cm³/mol. The Labute approximate surface area is 182 Å². The summed E-state index contributed by atoms with van der Waals surface area (Å²) in [5.74, 6) is -1.52. The zero-order valence-electron chi connectivity index (χ0n) is 14.9. The summed E-state index contributed by atoms with van der Waals surface area (Å²) in [4.78, 5) is 20.3. The number of ether oxygens (including phenoxy) is 1. The molecule has 2 aliphatic rings. The van der Waals surface area contributed by atoms with Crippen molar-refractivity contribution in [1.29, 1.82) is 0 Å². The molecule has 1 aromatic carbocycles. The number of nitrogens with one attached hydrogen (secondary N) is 1. The number of amides is 1. The van der Waals surface area contributed by atoms with Crippen molar-refractivity contribution in [2.75, 3.05) is 25.1 Å². The lowest BCUT2D eigenvalue weighted by Gasteiger charge is -2.35. The molecule has 0 unspecified atom stereocenters. The van der Waals surface area contributed by atoms with Crippen LogP contribution in [0, 0.1) is 17.6 Å². The Morgan fingerprint density at radius 1 is 1.24 bits per heavy atom. The normalized spacial score (nSPS) is 22.6. The van der Waals surface area contributed by atoms with E-state index in [9.17, 15) is 13.6 Å². The number of anilines is 1. The first-order valence-electron chi connectivity index (χ1n) is 8.27. The highest BCUT2D eigenvalue weighted by atomic mass is 35.5. The van der Waals surface area contributed by atoms with E-state index in [1.165, 1.54) is 30.0 Å². The van der Waals surface area contributed by atoms with E-state index >= 15 is 0 Å². The van der Waals surface area contributed by atoms with Crippen LogP contribution in [-0.4, -0.2) is 35.8 Å². The molecule has 1 aromatic heterocycles. The third kappa shape index (κ3) is 4.63. The summed E-state index contributed by atoms with van der Waals surface area (Å²) in [5, 5.41) is 3.04. The molecule has 3 heterocycles. The number of thioether (sulfide) groups is 1. The maximum atomic E-state index is 14.3. The highest BCUT2D eigenvalue weighted by Gasteiger charge is 2.49. The number of fused-ring (bicyclic) bond motifs is 1. The van der Waals surface area contributed by atoms with Gasteiger partial charge in [-0.2, -0.15) is 0 Å². The summed E-state index contributed by atoms with van der Waals surface area (Å²) >= 11 is 1.36. The van der Waals surface area contributed by atoms with Crippen LogP contribution in [0.3, 0.4) is 0 Å². The van der Waals surface area contributed by atoms with Gasteiger partial charge in [0.25, 0.3) is 5.91 Å². The van der Waals surface area contributed by atoms with Gasteiger partial charge in [-0.05, 0) is 35.9 Å². The quantitative estimate of drug-likeness (QED) is 0.729. The molecule has 1 saturated heterocycles. The minimum Gasteiger partial charge on any atom is -0.379 e. The number of carbonyl (C=O) groups is 1. The number of nitrogens with zero attached hydrogens (tertiary/aromatic N) is 2. The number of pyridine rings is 1. The van der Waals surface area contributed by atoms with E-state index < -0.39 is 22.3 Å². The highest BCUT2D eigenvalue weighted by molar-refractivity contribution is 8.14. The first-order valence-corrected chi connectivity index (χ1v) is 9.08. The largest absolute Gasteiger partial charge is 0.379 e. The smallest absolute Gasteiger partial charge is 0.274 e. The number of rotatable bonds is 3. The maximum absolute atomic E-state index is 14.3. The molecule has 1 fully saturated rings. The second-order valence-corrected chi connectivity index (χ2v) is 7.78. The number of benzene rings is 1. The molecule has 11 heteroatoms. The molecule has 0 bridgehead atoms. The van der Waals surface area contributed by atoms with Gasteiger partial charge in [0.1, 0.15) is 17.3 Å². The molecular formula is C18H18Cl2F2N4O2S. The first-order chi connectivity index (χ1) is 13.0. The van der Waals surface area contributed by atoms with Gasteiger partial charge >= 0.3 is 0 Å². The SMILES string of the molecule is Cl.Cl.NC1=NC[C@H]2COC[C@]2(c2cc(F)cc(NC(=O)c3ccc(F)cn3)c2)S1. The van der Waals surface area contributed by atoms with Crippen molar-refractivity contribution in [3.8, 4) is 0 Å². The molecule has 0 saturated carbocycles. The Morgan fingerprint density at radius 2 is 2.03 bits per heavy atom. The van der Waals surface area contributed by atoms with Crippen molar-refractivity contribution in [2.24, 2.45) is 16.6 Å². The molecule has 6 nitrogen and oxygen atoms in total. The van der Waals surface area contributed by atoms with Gasteiger partial charge in [0.05, 0.1) is 24.2 Å². The standard InChI is InChI=1S/C18H16F2N4O2S.2ClH/c19-12-1-2-15(22-7-12)16(25)24-14-4-10(3-13(20)5-14)18-9-26-8-11(18)6-23-17(21)27-18;;/h1-5,7,11H,6,8-9H2,(H2,21,23)(H,24,25);2*1H/t11-,18+;;/m0../s1. The van der Waals surface area contributed by atoms with Gasteiger partial charge in [0.15, 0.2) is 5.17 Å². The van der Waals surface area contributed by atoms with E-state index in [1.54, 1.807) is 6.07 Å². The third-order valence-corrected chi connectivity index (χ3v) is 6.04. The van der Waals surface area contributed by atoms with E-state index in [-0.39, 0.29) is 42.1 Å². The third-order valence-electron chi connectivity index (χ3n) is 4.65. The molecule has 1 amide bonds. The number of halogens is 4. The van der Waals surface area contributed by atoms with Gasteiger partial charge in [-0.15, -0.1) is 24.8 Å². The van der Waals surface area contributed by atoms with Crippen LogP contribution >= 0.6 is 36.6 Å². The molecule has 156 valence electrons. The summed E-state index contributed by atoms with van der Waals surface area (Å²) in [7, 11) is 0. The average molecular weight is 463 g/mol. The summed E-state index contributed by atoms with van der Waals surface area (Å²) < 4.78 is 32.4. The van der Waals surface area contributed by atoms with Crippen LogP contribution in [0.1, 0.15) is 16.1 Å². The topological polar surface area (TPSA) is 89.6 Å². The van der Waals surface area contributed by atoms with E-state index in [0.717, 1.165) is 12.3 Å². The molecular weight excluding hydrogens is 445 g/mol. The van der Waals surface area contributed by atoms with Crippen LogP contribution in [0.25, 0.3) is 0 Å². The minimum atomic E-state index is -0.555. The predicted octanol–water partition coefficient (Wildman–Crippen LogP) is 3.36. The monoisotopic (exact) mass is 462 g/mol. The minimum absolute atomic E-state index is 0. The van der Waals surface area contributed by atoms with Gasteiger partial charge in [-0.25, -0.2) is 13.8 Å². The Morgan fingerprint density at radius 3 is 2.76 bits per heavy atom. The molecule has 2 aliphatic heterocycles. The highest BCUT2D eigenvalue weighted by Crippen LogP contribution is 2.50. The summed E-state index contributed by atoms with van der Waals surface area (Å²) in [5.41, 5.74) is 6.90. The van der Waals surface area contributed by atoms with Crippen LogP contribution in [0.4, 0.5) is 14.5 Å². The second kappa shape index (κ2) is 9.25. The number of aromatic nitrogens is 1. The van der Waals surface area contributed by atoms with Gasteiger partial charge in [0, 0.05) is 18.2 Å². The fourth-order valence-electron chi connectivity index (χ4n) is 3.33. The fourth-order valence-corrected chi connectivity index (χ4v) is 4.53. The molecule has 0 aliphatic carbocycles. The van der Waals surface area contributed by atoms with Crippen molar-refractivity contribution in [1.82, 2.24) is 4.98 Å². The van der Waals surface area contributed by atoms with Crippen molar-refractivity contribution in [3.63, 3.8) is 0 Å². The average Bonchev–Trinajstić information content (AvgIpc) is 3.06. The summed E-state index contributed by atoms with van der Waals surface area (Å²) in [6.07, 6.45) is 0.951. The van der Waals surface area contributed by atoms with Crippen molar-refractivity contribution < 1.29 is 18.3 Å². The lowest BCUT2D eigenvalue weighted by Crippen LogP contribution is -2.39. The zero-order valence-corrected chi connectivity index (χ0v) is 17.4. The molecule has 0 spiro atoms. The zero-order chi connectivity index (χ0) is 19.0. The summed E-state index contributed by atoms with van der Waals surface area (Å²) in [6, 6.07) is 6.76. The summed E-state index contributed by atoms with van der Waals surface area (Å²) in [6.45, 7) is 1.41. The van der Waals surface area contributed by atoms with E-state index in [4.69, 9.17) is 10.5 Å². The van der Waals surface area contributed by atoms with Crippen LogP contribution in [0.2, 0.25) is 0 Å². The lowest BCUT2D eigenvalue weighted by molar-refractivity contribution is 0.102. The van der Waals surface area contributed by atoms with Gasteiger partial charge < -0.3 is 15.8 Å². The Kier molecular flexibility index (Phi) is 7.45. The number of hydrogen-bond acceptors (Lipinski definition) is 6. The molecule has 2 atom stereocenters. The molecule has 29 heavy (non-hydrogen) atoms. The molecule has 2 aromatic rings. The van der Waals surface area contributed by atoms with Crippen LogP contribution in [0.15, 0.2) is 41.5 Å². The number of aliphatic imine (C=N–C) groups is 1. The van der Waals surface area contributed by atoms with Crippen LogP contribution < -0.4 is 11.1 Å². The van der Waals surface area contributed by atoms with E-state index in [2.05, 4.69) is 15.3 Å². The Balaban J connectivity index is 0.00000150. The van der Waals surface area contributed by atoms with Gasteiger partial charge in [0.2, 0.25) is 0 Å². The fraction of sp³-hybridized carbons (Fsp3) is 0.278. The van der Waals surface area contributed by atoms with Crippen LogP contribution in [-0.2, 0) is 9.48 Å². The number of hydrogen-bond donors (Lipinski definition) is 2. The van der Waals surface area contributed by atoms with Crippen molar-refractivity contribution in [3.05, 3.63) is 59.4 Å². The Hall–Kier alpha value is -1.94. The lowest BCUT2D eigenvalue weighted by atomic mass is 9.87. The molecule has 3 N–H and O–H groups in total. The van der Waals surface area contributed by atoms with Crippen molar-refractivity contribution >= 4 is 53.3 Å². The van der Waals surface area contributed by atoms with E-state index in [0.29, 0.717) is 30.5 Å². The van der Waals surface area contributed by atoms with E-state index in [1.807, 2.05) is 0 Å². The second-order valence-electron chi connectivity index (χ2n) is 6.43. The number of amidine groups is 1. The molecule has 4 rings (SSSR count).